The molecule has 4 rings (SSSR count). The Kier molecular flexibility index (Phi) is 5.58. The van der Waals surface area contributed by atoms with Crippen molar-refractivity contribution in [3.63, 3.8) is 0 Å². The summed E-state index contributed by atoms with van der Waals surface area (Å²) < 4.78 is 5.30. The molecule has 0 saturated carbocycles. The number of fused-ring (bicyclic) bond motifs is 1. The van der Waals surface area contributed by atoms with Crippen molar-refractivity contribution < 1.29 is 14.4 Å². The quantitative estimate of drug-likeness (QED) is 0.604. The number of carbonyl (C=O) groups excluding carboxylic acids is 1. The molecule has 1 aliphatic heterocycles. The predicted molar refractivity (Wildman–Crippen MR) is 116 cm³/mol. The van der Waals surface area contributed by atoms with Crippen LogP contribution in [0.15, 0.2) is 42.5 Å². The third kappa shape index (κ3) is 4.01. The first-order chi connectivity index (χ1) is 14.1. The van der Waals surface area contributed by atoms with Crippen LogP contribution in [0, 0.1) is 13.8 Å². The van der Waals surface area contributed by atoms with Crippen LogP contribution in [0.4, 0.5) is 0 Å². The van der Waals surface area contributed by atoms with Crippen molar-refractivity contribution in [2.75, 3.05) is 26.7 Å². The molecule has 29 heavy (non-hydrogen) atoms. The standard InChI is InChI=1S/C24H29N3O2/c1-16-17(2)26-22-11-8-19(14-21(16)22)24(28)25-15-23(27-12-4-5-13-27)18-6-9-20(29-3)10-7-18/h6-11,14,23,26H,4-5,12-13,15H2,1-3H3,(H,25,28)/p+1/t23-/m0/s1. The van der Waals surface area contributed by atoms with Gasteiger partial charge in [0.15, 0.2) is 0 Å². The molecule has 1 saturated heterocycles. The highest BCUT2D eigenvalue weighted by atomic mass is 16.5. The molecule has 1 amide bonds. The van der Waals surface area contributed by atoms with Gasteiger partial charge in [0, 0.05) is 40.6 Å². The fourth-order valence-corrected chi connectivity index (χ4v) is 4.41. The molecule has 0 aliphatic carbocycles. The number of methoxy groups -OCH3 is 1. The molecule has 1 atom stereocenters. The van der Waals surface area contributed by atoms with E-state index in [1.807, 2.05) is 30.3 Å². The number of carbonyl (C=O) groups is 1. The van der Waals surface area contributed by atoms with E-state index in [4.69, 9.17) is 4.74 Å². The van der Waals surface area contributed by atoms with Crippen LogP contribution in [0.25, 0.3) is 10.9 Å². The van der Waals surface area contributed by atoms with E-state index in [1.165, 1.54) is 24.0 Å². The van der Waals surface area contributed by atoms with Gasteiger partial charge in [-0.2, -0.15) is 0 Å². The van der Waals surface area contributed by atoms with Gasteiger partial charge in [-0.1, -0.05) is 0 Å². The zero-order chi connectivity index (χ0) is 20.4. The lowest BCUT2D eigenvalue weighted by molar-refractivity contribution is -0.918. The van der Waals surface area contributed by atoms with Crippen LogP contribution in [-0.4, -0.2) is 37.6 Å². The van der Waals surface area contributed by atoms with Crippen molar-refractivity contribution in [3.8, 4) is 5.75 Å². The number of hydrogen-bond donors (Lipinski definition) is 3. The van der Waals surface area contributed by atoms with Crippen LogP contribution >= 0.6 is 0 Å². The number of aromatic amines is 1. The summed E-state index contributed by atoms with van der Waals surface area (Å²) in [7, 11) is 1.68. The van der Waals surface area contributed by atoms with Crippen molar-refractivity contribution in [2.24, 2.45) is 0 Å². The van der Waals surface area contributed by atoms with Gasteiger partial charge in [-0.3, -0.25) is 4.79 Å². The van der Waals surface area contributed by atoms with Crippen molar-refractivity contribution in [3.05, 3.63) is 64.8 Å². The van der Waals surface area contributed by atoms with Gasteiger partial charge in [0.2, 0.25) is 0 Å². The van der Waals surface area contributed by atoms with Crippen molar-refractivity contribution in [2.45, 2.75) is 32.7 Å². The molecule has 2 aromatic carbocycles. The van der Waals surface area contributed by atoms with Crippen LogP contribution in [0.2, 0.25) is 0 Å². The van der Waals surface area contributed by atoms with Crippen molar-refractivity contribution in [1.82, 2.24) is 10.3 Å². The second-order valence-electron chi connectivity index (χ2n) is 8.04. The topological polar surface area (TPSA) is 58.6 Å². The number of aryl methyl sites for hydroxylation is 2. The van der Waals surface area contributed by atoms with Crippen LogP contribution in [0.1, 0.15) is 46.1 Å². The maximum Gasteiger partial charge on any atom is 0.251 e. The van der Waals surface area contributed by atoms with Gasteiger partial charge in [0.25, 0.3) is 5.91 Å². The number of hydrogen-bond acceptors (Lipinski definition) is 2. The molecular formula is C24H30N3O2+. The fourth-order valence-electron chi connectivity index (χ4n) is 4.41. The smallest absolute Gasteiger partial charge is 0.251 e. The second kappa shape index (κ2) is 8.29. The summed E-state index contributed by atoms with van der Waals surface area (Å²) in [5.74, 6) is 0.848. The van der Waals surface area contributed by atoms with Gasteiger partial charge in [-0.15, -0.1) is 0 Å². The summed E-state index contributed by atoms with van der Waals surface area (Å²) in [4.78, 5) is 17.8. The molecule has 2 heterocycles. The van der Waals surface area contributed by atoms with Gasteiger partial charge in [-0.25, -0.2) is 0 Å². The molecule has 0 spiro atoms. The highest BCUT2D eigenvalue weighted by Crippen LogP contribution is 2.22. The molecular weight excluding hydrogens is 362 g/mol. The van der Waals surface area contributed by atoms with Gasteiger partial charge >= 0.3 is 0 Å². The van der Waals surface area contributed by atoms with Crippen LogP contribution in [0.3, 0.4) is 0 Å². The third-order valence-electron chi connectivity index (χ3n) is 6.29. The van der Waals surface area contributed by atoms with E-state index in [1.54, 1.807) is 12.0 Å². The van der Waals surface area contributed by atoms with E-state index in [-0.39, 0.29) is 11.9 Å². The molecule has 0 bridgehead atoms. The van der Waals surface area contributed by atoms with E-state index in [9.17, 15) is 4.79 Å². The van der Waals surface area contributed by atoms with Crippen molar-refractivity contribution >= 4 is 16.8 Å². The Bertz CT molecular complexity index is 1000. The summed E-state index contributed by atoms with van der Waals surface area (Å²) in [5.41, 5.74) is 5.39. The van der Waals surface area contributed by atoms with E-state index in [0.29, 0.717) is 12.1 Å². The molecule has 152 valence electrons. The maximum atomic E-state index is 12.9. The van der Waals surface area contributed by atoms with Crippen LogP contribution < -0.4 is 15.0 Å². The minimum absolute atomic E-state index is 0.0118. The zero-order valence-corrected chi connectivity index (χ0v) is 17.5. The fraction of sp³-hybridized carbons (Fsp3) is 0.375. The molecule has 5 heteroatoms. The number of likely N-dealkylation sites (tertiary alicyclic amines) is 1. The lowest BCUT2D eigenvalue weighted by atomic mass is 10.0. The molecule has 3 N–H and O–H groups in total. The van der Waals surface area contributed by atoms with Gasteiger partial charge in [0.1, 0.15) is 11.8 Å². The average molecular weight is 393 g/mol. The Morgan fingerprint density at radius 1 is 1.14 bits per heavy atom. The first-order valence-electron chi connectivity index (χ1n) is 10.4. The summed E-state index contributed by atoms with van der Waals surface area (Å²) in [6.45, 7) is 7.09. The second-order valence-corrected chi connectivity index (χ2v) is 8.04. The summed E-state index contributed by atoms with van der Waals surface area (Å²) >= 11 is 0. The highest BCUT2D eigenvalue weighted by molar-refractivity contribution is 5.99. The largest absolute Gasteiger partial charge is 0.497 e. The van der Waals surface area contributed by atoms with E-state index < -0.39 is 0 Å². The van der Waals surface area contributed by atoms with Crippen molar-refractivity contribution in [1.29, 1.82) is 0 Å². The number of ether oxygens (including phenoxy) is 1. The summed E-state index contributed by atoms with van der Waals surface area (Å²) in [5, 5.41) is 4.31. The van der Waals surface area contributed by atoms with Gasteiger partial charge in [0.05, 0.1) is 26.7 Å². The van der Waals surface area contributed by atoms with Crippen LogP contribution in [-0.2, 0) is 0 Å². The number of benzene rings is 2. The Morgan fingerprint density at radius 3 is 2.55 bits per heavy atom. The predicted octanol–water partition coefficient (Wildman–Crippen LogP) is 2.94. The number of amides is 1. The number of aromatic nitrogens is 1. The number of nitrogens with one attached hydrogen (secondary N) is 3. The molecule has 5 nitrogen and oxygen atoms in total. The molecule has 1 aliphatic rings. The maximum absolute atomic E-state index is 12.9. The van der Waals surface area contributed by atoms with Crippen LogP contribution in [0.5, 0.6) is 5.75 Å². The lowest BCUT2D eigenvalue weighted by Gasteiger charge is -2.25. The summed E-state index contributed by atoms with van der Waals surface area (Å²) in [6, 6.07) is 14.4. The minimum atomic E-state index is -0.0118. The van der Waals surface area contributed by atoms with Gasteiger partial charge < -0.3 is 19.9 Å². The third-order valence-corrected chi connectivity index (χ3v) is 6.29. The Morgan fingerprint density at radius 2 is 1.86 bits per heavy atom. The molecule has 0 unspecified atom stereocenters. The SMILES string of the molecule is COc1ccc([C@H](CNC(=O)c2ccc3[nH]c(C)c(C)c3c2)[NH+]2CCCC2)cc1. The number of H-pyrrole nitrogens is 1. The first kappa shape index (κ1) is 19.5. The first-order valence-corrected chi connectivity index (χ1v) is 10.4. The molecule has 1 aromatic heterocycles. The average Bonchev–Trinajstić information content (AvgIpc) is 3.37. The number of quaternary nitrogens is 1. The Hall–Kier alpha value is -2.79. The molecule has 0 radical (unpaired) electrons. The molecule has 3 aromatic rings. The lowest BCUT2D eigenvalue weighted by Crippen LogP contribution is -3.11. The summed E-state index contributed by atoms with van der Waals surface area (Å²) in [6.07, 6.45) is 2.50. The Labute approximate surface area is 172 Å². The highest BCUT2D eigenvalue weighted by Gasteiger charge is 2.28. The minimum Gasteiger partial charge on any atom is -0.497 e. The Balaban J connectivity index is 1.51. The van der Waals surface area contributed by atoms with E-state index in [0.717, 1.165) is 35.4 Å². The van der Waals surface area contributed by atoms with Gasteiger partial charge in [-0.05, 0) is 61.9 Å². The normalized spacial score (nSPS) is 15.6. The zero-order valence-electron chi connectivity index (χ0n) is 17.5. The van der Waals surface area contributed by atoms with E-state index in [2.05, 4.69) is 36.3 Å². The van der Waals surface area contributed by atoms with E-state index >= 15 is 0 Å². The molecule has 1 fully saturated rings. The monoisotopic (exact) mass is 392 g/mol. The number of rotatable bonds is 6.